The van der Waals surface area contributed by atoms with Crippen LogP contribution in [-0.4, -0.2) is 29.1 Å². The third-order valence-electron chi connectivity index (χ3n) is 4.76. The molecule has 2 heterocycles. The van der Waals surface area contributed by atoms with Crippen LogP contribution in [0.4, 0.5) is 0 Å². The van der Waals surface area contributed by atoms with Crippen molar-refractivity contribution in [2.24, 2.45) is 12.8 Å². The number of hydrogen-bond donors (Lipinski definition) is 1. The maximum Gasteiger partial charge on any atom is 0.219 e. The second kappa shape index (κ2) is 8.31. The molecule has 1 aliphatic rings. The quantitative estimate of drug-likeness (QED) is 0.810. The number of fused-ring (bicyclic) bond motifs is 4. The Balaban J connectivity index is 2.12. The molecule has 2 bridgehead atoms. The maximum absolute atomic E-state index is 6.19. The van der Waals surface area contributed by atoms with Gasteiger partial charge in [0.1, 0.15) is 6.10 Å². The molecule has 0 spiro atoms. The second-order valence-electron chi connectivity index (χ2n) is 7.00. The highest BCUT2D eigenvalue weighted by atomic mass is 16.5. The Morgan fingerprint density at radius 1 is 1.29 bits per heavy atom. The molecule has 2 aromatic rings. The summed E-state index contributed by atoms with van der Waals surface area (Å²) in [5.74, 6) is 0.706. The number of rotatable bonds is 1. The summed E-state index contributed by atoms with van der Waals surface area (Å²) in [5.41, 5.74) is 12.7. The molecule has 3 rings (SSSR count). The van der Waals surface area contributed by atoms with Crippen molar-refractivity contribution in [1.29, 1.82) is 0 Å². The average molecular weight is 377 g/mol. The van der Waals surface area contributed by atoms with Crippen molar-refractivity contribution in [3.63, 3.8) is 0 Å². The number of hydrogen-bond acceptors (Lipinski definition) is 4. The van der Waals surface area contributed by atoms with E-state index < -0.39 is 0 Å². The van der Waals surface area contributed by atoms with Crippen LogP contribution >= 0.6 is 0 Å². The number of benzene rings is 1. The molecule has 5 heteroatoms. The molecule has 28 heavy (non-hydrogen) atoms. The fourth-order valence-corrected chi connectivity index (χ4v) is 3.13. The number of nitrogens with zero attached hydrogens (tertiary/aromatic N) is 2. The summed E-state index contributed by atoms with van der Waals surface area (Å²) in [6.07, 6.45) is 7.28. The van der Waals surface area contributed by atoms with Crippen LogP contribution in [0.2, 0.25) is 0 Å². The Labute approximate surface area is 166 Å². The number of aryl methyl sites for hydroxylation is 2. The van der Waals surface area contributed by atoms with E-state index in [0.717, 1.165) is 33.4 Å². The summed E-state index contributed by atoms with van der Waals surface area (Å²) in [4.78, 5) is 0. The zero-order valence-corrected chi connectivity index (χ0v) is 16.7. The van der Waals surface area contributed by atoms with Crippen LogP contribution in [0.25, 0.3) is 16.7 Å². The molecule has 2 N–H and O–H groups in total. The molecule has 146 valence electrons. The summed E-state index contributed by atoms with van der Waals surface area (Å²) < 4.78 is 13.6. The normalized spacial score (nSPS) is 21.8. The zero-order chi connectivity index (χ0) is 20.3. The Bertz CT molecular complexity index is 966. The van der Waals surface area contributed by atoms with Gasteiger partial charge in [-0.15, -0.1) is 0 Å². The first-order chi connectivity index (χ1) is 13.4. The van der Waals surface area contributed by atoms with Crippen molar-refractivity contribution in [3.8, 4) is 17.0 Å². The van der Waals surface area contributed by atoms with E-state index in [2.05, 4.69) is 43.4 Å². The lowest BCUT2D eigenvalue weighted by Gasteiger charge is -2.17. The average Bonchev–Trinajstić information content (AvgIpc) is 3.02. The van der Waals surface area contributed by atoms with Gasteiger partial charge in [-0.1, -0.05) is 43.5 Å². The van der Waals surface area contributed by atoms with Crippen LogP contribution in [-0.2, 0) is 11.8 Å². The van der Waals surface area contributed by atoms with Gasteiger partial charge in [0.2, 0.25) is 5.88 Å². The molecular formula is C23H27N3O2. The van der Waals surface area contributed by atoms with Gasteiger partial charge < -0.3 is 15.2 Å². The van der Waals surface area contributed by atoms with Crippen LogP contribution in [0.1, 0.15) is 18.1 Å². The molecule has 0 saturated carbocycles. The smallest absolute Gasteiger partial charge is 0.219 e. The summed E-state index contributed by atoms with van der Waals surface area (Å²) in [5, 5.41) is 4.38. The minimum Gasteiger partial charge on any atom is -0.472 e. The van der Waals surface area contributed by atoms with Gasteiger partial charge in [0.15, 0.2) is 0 Å². The third-order valence-corrected chi connectivity index (χ3v) is 4.76. The molecular weight excluding hydrogens is 350 g/mol. The lowest BCUT2D eigenvalue weighted by Crippen LogP contribution is -2.22. The van der Waals surface area contributed by atoms with Crippen molar-refractivity contribution in [2.75, 3.05) is 13.2 Å². The minimum atomic E-state index is -0.158. The first-order valence-corrected chi connectivity index (χ1v) is 9.26. The summed E-state index contributed by atoms with van der Waals surface area (Å²) >= 11 is 0. The van der Waals surface area contributed by atoms with Gasteiger partial charge >= 0.3 is 0 Å². The number of nitrogens with two attached hydrogens (primary N) is 1. The Morgan fingerprint density at radius 2 is 2.07 bits per heavy atom. The largest absolute Gasteiger partial charge is 0.472 e. The molecule has 1 aromatic heterocycles. The van der Waals surface area contributed by atoms with E-state index in [1.54, 1.807) is 10.8 Å². The zero-order valence-electron chi connectivity index (χ0n) is 16.7. The molecule has 0 amide bonds. The monoisotopic (exact) mass is 377 g/mol. The van der Waals surface area contributed by atoms with Gasteiger partial charge in [0, 0.05) is 12.7 Å². The lowest BCUT2D eigenvalue weighted by atomic mass is 9.96. The van der Waals surface area contributed by atoms with E-state index in [9.17, 15) is 0 Å². The molecule has 1 atom stereocenters. The Hall–Kier alpha value is -3.05. The lowest BCUT2D eigenvalue weighted by molar-refractivity contribution is 0.0655. The predicted molar refractivity (Wildman–Crippen MR) is 114 cm³/mol. The topological polar surface area (TPSA) is 62.3 Å². The maximum atomic E-state index is 6.19. The van der Waals surface area contributed by atoms with Gasteiger partial charge in [0.05, 0.1) is 25.0 Å². The predicted octanol–water partition coefficient (Wildman–Crippen LogP) is 4.16. The van der Waals surface area contributed by atoms with Crippen LogP contribution in [0.5, 0.6) is 5.88 Å². The molecule has 1 aromatic carbocycles. The van der Waals surface area contributed by atoms with E-state index in [1.165, 1.54) is 0 Å². The third kappa shape index (κ3) is 4.10. The molecule has 1 aliphatic heterocycles. The van der Waals surface area contributed by atoms with E-state index >= 15 is 0 Å². The van der Waals surface area contributed by atoms with E-state index in [-0.39, 0.29) is 6.10 Å². The van der Waals surface area contributed by atoms with Gasteiger partial charge in [-0.3, -0.25) is 0 Å². The first-order valence-electron chi connectivity index (χ1n) is 9.26. The number of allylic oxidation sites excluding steroid dienone is 5. The first kappa shape index (κ1) is 19.7. The molecule has 0 aliphatic carbocycles. The van der Waals surface area contributed by atoms with Gasteiger partial charge in [-0.25, -0.2) is 4.68 Å². The fraction of sp³-hybridized carbons (Fsp3) is 0.261. The SMILES string of the molecule is C=CC1=C(\N)COC[C@H](C)Oc2c(cnn2C)-c2ccc(C)c(c2)C(=C)\C=C\1. The molecule has 0 fully saturated rings. The van der Waals surface area contributed by atoms with Crippen molar-refractivity contribution in [3.05, 3.63) is 78.2 Å². The summed E-state index contributed by atoms with van der Waals surface area (Å²) in [7, 11) is 1.87. The Morgan fingerprint density at radius 3 is 2.82 bits per heavy atom. The summed E-state index contributed by atoms with van der Waals surface area (Å²) in [6.45, 7) is 12.8. The highest BCUT2D eigenvalue weighted by Gasteiger charge is 2.17. The fourth-order valence-electron chi connectivity index (χ4n) is 3.13. The van der Waals surface area contributed by atoms with Gasteiger partial charge in [0.25, 0.3) is 0 Å². The highest BCUT2D eigenvalue weighted by molar-refractivity contribution is 5.80. The summed E-state index contributed by atoms with van der Waals surface area (Å²) in [6, 6.07) is 6.28. The second-order valence-corrected chi connectivity index (χ2v) is 7.00. The van der Waals surface area contributed by atoms with E-state index in [0.29, 0.717) is 24.8 Å². The van der Waals surface area contributed by atoms with Crippen LogP contribution in [0.3, 0.4) is 0 Å². The van der Waals surface area contributed by atoms with Crippen molar-refractivity contribution >= 4 is 5.57 Å². The van der Waals surface area contributed by atoms with Crippen LogP contribution in [0, 0.1) is 6.92 Å². The van der Waals surface area contributed by atoms with Gasteiger partial charge in [-0.2, -0.15) is 5.10 Å². The van der Waals surface area contributed by atoms with E-state index in [4.69, 9.17) is 15.2 Å². The van der Waals surface area contributed by atoms with Crippen LogP contribution < -0.4 is 10.5 Å². The molecule has 0 unspecified atom stereocenters. The number of ether oxygens (including phenoxy) is 2. The van der Waals surface area contributed by atoms with Gasteiger partial charge in [-0.05, 0) is 47.8 Å². The number of aromatic nitrogens is 2. The standard InChI is InChI=1S/C23H27N3O2/c1-6-18-9-7-15(2)20-11-19(10-8-16(20)3)21-12-25-26(5)23(21)28-17(4)13-27-14-22(18)24/h6-12,17H,1-2,13-14,24H2,3-5H3/b9-7+,22-18+/t17-/m0/s1. The van der Waals surface area contributed by atoms with Crippen molar-refractivity contribution < 1.29 is 9.47 Å². The molecule has 0 saturated heterocycles. The van der Waals surface area contributed by atoms with Crippen molar-refractivity contribution in [2.45, 2.75) is 20.0 Å². The highest BCUT2D eigenvalue weighted by Crippen LogP contribution is 2.33. The Kier molecular flexibility index (Phi) is 5.85. The molecule has 0 radical (unpaired) electrons. The molecule has 5 nitrogen and oxygen atoms in total. The van der Waals surface area contributed by atoms with Crippen molar-refractivity contribution in [1.82, 2.24) is 9.78 Å². The van der Waals surface area contributed by atoms with E-state index in [1.807, 2.05) is 32.3 Å². The van der Waals surface area contributed by atoms with Crippen LogP contribution in [0.15, 0.2) is 67.1 Å². The minimum absolute atomic E-state index is 0.158.